The standard InChI is InChI=1S/C18H15FN2OS/c1-12-16(23-18(20-12)13-5-3-2-4-6-13)11-17(22)21-15-9-7-14(19)8-10-15/h2-10H,11H2,1H3,(H,21,22). The summed E-state index contributed by atoms with van der Waals surface area (Å²) in [5.74, 6) is -0.461. The summed E-state index contributed by atoms with van der Waals surface area (Å²) in [6.07, 6.45) is 0.258. The van der Waals surface area contributed by atoms with Crippen molar-refractivity contribution in [2.75, 3.05) is 5.32 Å². The first kappa shape index (κ1) is 15.4. The Balaban J connectivity index is 1.71. The second-order valence-electron chi connectivity index (χ2n) is 5.13. The molecule has 23 heavy (non-hydrogen) atoms. The number of aryl methyl sites for hydroxylation is 1. The lowest BCUT2D eigenvalue weighted by Gasteiger charge is -2.04. The smallest absolute Gasteiger partial charge is 0.229 e. The molecule has 3 rings (SSSR count). The molecule has 0 atom stereocenters. The van der Waals surface area contributed by atoms with Gasteiger partial charge in [0.25, 0.3) is 0 Å². The minimum Gasteiger partial charge on any atom is -0.326 e. The van der Waals surface area contributed by atoms with E-state index in [-0.39, 0.29) is 18.1 Å². The SMILES string of the molecule is Cc1nc(-c2ccccc2)sc1CC(=O)Nc1ccc(F)cc1. The van der Waals surface area contributed by atoms with Crippen LogP contribution in [0.4, 0.5) is 10.1 Å². The van der Waals surface area contributed by atoms with Crippen LogP contribution >= 0.6 is 11.3 Å². The highest BCUT2D eigenvalue weighted by Gasteiger charge is 2.13. The third kappa shape index (κ3) is 3.81. The molecule has 0 aliphatic heterocycles. The van der Waals surface area contributed by atoms with Gasteiger partial charge >= 0.3 is 0 Å². The van der Waals surface area contributed by atoms with Gasteiger partial charge in [0.2, 0.25) is 5.91 Å². The van der Waals surface area contributed by atoms with Crippen molar-refractivity contribution in [1.29, 1.82) is 0 Å². The second kappa shape index (κ2) is 6.71. The minimum atomic E-state index is -0.325. The summed E-state index contributed by atoms with van der Waals surface area (Å²) in [6.45, 7) is 1.91. The van der Waals surface area contributed by atoms with Crippen molar-refractivity contribution in [2.24, 2.45) is 0 Å². The van der Waals surface area contributed by atoms with Crippen LogP contribution in [0.3, 0.4) is 0 Å². The number of thiazole rings is 1. The van der Waals surface area contributed by atoms with Crippen LogP contribution in [0.1, 0.15) is 10.6 Å². The van der Waals surface area contributed by atoms with E-state index in [2.05, 4.69) is 10.3 Å². The highest BCUT2D eigenvalue weighted by Crippen LogP contribution is 2.28. The fourth-order valence-corrected chi connectivity index (χ4v) is 3.25. The van der Waals surface area contributed by atoms with Crippen LogP contribution in [0.25, 0.3) is 10.6 Å². The van der Waals surface area contributed by atoms with Gasteiger partial charge in [0.05, 0.1) is 12.1 Å². The quantitative estimate of drug-likeness (QED) is 0.770. The molecule has 0 saturated heterocycles. The molecule has 1 heterocycles. The summed E-state index contributed by atoms with van der Waals surface area (Å²) < 4.78 is 12.9. The highest BCUT2D eigenvalue weighted by molar-refractivity contribution is 7.15. The lowest BCUT2D eigenvalue weighted by molar-refractivity contribution is -0.115. The molecule has 0 fully saturated rings. The van der Waals surface area contributed by atoms with Gasteiger partial charge in [0, 0.05) is 16.1 Å². The lowest BCUT2D eigenvalue weighted by Crippen LogP contribution is -2.14. The predicted molar refractivity (Wildman–Crippen MR) is 91.0 cm³/mol. The molecule has 116 valence electrons. The van der Waals surface area contributed by atoms with E-state index in [1.165, 1.54) is 23.5 Å². The number of nitrogens with zero attached hydrogens (tertiary/aromatic N) is 1. The van der Waals surface area contributed by atoms with Crippen LogP contribution in [-0.2, 0) is 11.2 Å². The lowest BCUT2D eigenvalue weighted by atomic mass is 10.2. The Morgan fingerprint density at radius 1 is 1.13 bits per heavy atom. The number of carbonyl (C=O) groups excluding carboxylic acids is 1. The molecule has 1 aromatic heterocycles. The Kier molecular flexibility index (Phi) is 4.48. The summed E-state index contributed by atoms with van der Waals surface area (Å²) in [6, 6.07) is 15.6. The van der Waals surface area contributed by atoms with Crippen molar-refractivity contribution >= 4 is 22.9 Å². The monoisotopic (exact) mass is 326 g/mol. The number of rotatable bonds is 4. The maximum absolute atomic E-state index is 12.9. The van der Waals surface area contributed by atoms with Gasteiger partial charge in [0.15, 0.2) is 0 Å². The summed E-state index contributed by atoms with van der Waals surface area (Å²) in [4.78, 5) is 17.6. The Morgan fingerprint density at radius 2 is 1.83 bits per heavy atom. The zero-order valence-electron chi connectivity index (χ0n) is 12.5. The second-order valence-corrected chi connectivity index (χ2v) is 6.21. The zero-order chi connectivity index (χ0) is 16.2. The Labute approximate surface area is 137 Å². The van der Waals surface area contributed by atoms with Crippen LogP contribution in [0.5, 0.6) is 0 Å². The van der Waals surface area contributed by atoms with Crippen LogP contribution in [-0.4, -0.2) is 10.9 Å². The first-order chi connectivity index (χ1) is 11.1. The molecule has 5 heteroatoms. The van der Waals surface area contributed by atoms with Gasteiger partial charge in [-0.1, -0.05) is 30.3 Å². The van der Waals surface area contributed by atoms with Gasteiger partial charge in [0.1, 0.15) is 10.8 Å². The van der Waals surface area contributed by atoms with Crippen molar-refractivity contribution in [3.63, 3.8) is 0 Å². The average molecular weight is 326 g/mol. The van der Waals surface area contributed by atoms with Gasteiger partial charge in [-0.3, -0.25) is 4.79 Å². The highest BCUT2D eigenvalue weighted by atomic mass is 32.1. The maximum atomic E-state index is 12.9. The van der Waals surface area contributed by atoms with E-state index in [1.54, 1.807) is 12.1 Å². The van der Waals surface area contributed by atoms with Crippen LogP contribution in [0.2, 0.25) is 0 Å². The van der Waals surface area contributed by atoms with E-state index >= 15 is 0 Å². The first-order valence-electron chi connectivity index (χ1n) is 7.19. The van der Waals surface area contributed by atoms with Crippen molar-refractivity contribution in [1.82, 2.24) is 4.98 Å². The molecule has 0 aliphatic carbocycles. The number of nitrogens with one attached hydrogen (secondary N) is 1. The fourth-order valence-electron chi connectivity index (χ4n) is 2.18. The Bertz CT molecular complexity index is 813. The molecule has 3 nitrogen and oxygen atoms in total. The van der Waals surface area contributed by atoms with Gasteiger partial charge < -0.3 is 5.32 Å². The predicted octanol–water partition coefficient (Wildman–Crippen LogP) is 4.44. The molecule has 1 amide bonds. The van der Waals surface area contributed by atoms with E-state index in [1.807, 2.05) is 37.3 Å². The van der Waals surface area contributed by atoms with Gasteiger partial charge in [-0.25, -0.2) is 9.37 Å². The summed E-state index contributed by atoms with van der Waals surface area (Å²) in [5, 5.41) is 3.68. The van der Waals surface area contributed by atoms with Crippen LogP contribution in [0.15, 0.2) is 54.6 Å². The fraction of sp³-hybridized carbons (Fsp3) is 0.111. The molecule has 3 aromatic rings. The molecule has 1 N–H and O–H groups in total. The number of carbonyl (C=O) groups is 1. The molecule has 0 unspecified atom stereocenters. The maximum Gasteiger partial charge on any atom is 0.229 e. The molecule has 2 aromatic carbocycles. The van der Waals surface area contributed by atoms with E-state index in [0.29, 0.717) is 5.69 Å². The third-order valence-electron chi connectivity index (χ3n) is 3.36. The van der Waals surface area contributed by atoms with Crippen molar-refractivity contribution in [3.8, 4) is 10.6 Å². The number of hydrogen-bond donors (Lipinski definition) is 1. The van der Waals surface area contributed by atoms with Crippen molar-refractivity contribution in [3.05, 3.63) is 71.0 Å². The normalized spacial score (nSPS) is 10.5. The van der Waals surface area contributed by atoms with Gasteiger partial charge in [-0.2, -0.15) is 0 Å². The number of hydrogen-bond acceptors (Lipinski definition) is 3. The number of anilines is 1. The average Bonchev–Trinajstić information content (AvgIpc) is 2.91. The summed E-state index contributed by atoms with van der Waals surface area (Å²) in [5.41, 5.74) is 2.50. The van der Waals surface area contributed by atoms with Crippen LogP contribution in [0, 0.1) is 12.7 Å². The summed E-state index contributed by atoms with van der Waals surface area (Å²) >= 11 is 1.52. The molecule has 0 bridgehead atoms. The largest absolute Gasteiger partial charge is 0.326 e. The number of benzene rings is 2. The molecule has 0 saturated carbocycles. The van der Waals surface area contributed by atoms with E-state index in [0.717, 1.165) is 21.1 Å². The Morgan fingerprint density at radius 3 is 2.52 bits per heavy atom. The molecular weight excluding hydrogens is 311 g/mol. The van der Waals surface area contributed by atoms with E-state index < -0.39 is 0 Å². The molecular formula is C18H15FN2OS. The molecule has 0 spiro atoms. The zero-order valence-corrected chi connectivity index (χ0v) is 13.4. The van der Waals surface area contributed by atoms with Gasteiger partial charge in [-0.05, 0) is 31.2 Å². The van der Waals surface area contributed by atoms with Crippen molar-refractivity contribution < 1.29 is 9.18 Å². The topological polar surface area (TPSA) is 42.0 Å². The number of aromatic nitrogens is 1. The van der Waals surface area contributed by atoms with Crippen molar-refractivity contribution in [2.45, 2.75) is 13.3 Å². The number of amides is 1. The first-order valence-corrected chi connectivity index (χ1v) is 8.00. The third-order valence-corrected chi connectivity index (χ3v) is 4.57. The van der Waals surface area contributed by atoms with E-state index in [4.69, 9.17) is 0 Å². The van der Waals surface area contributed by atoms with Gasteiger partial charge in [-0.15, -0.1) is 11.3 Å². The summed E-state index contributed by atoms with van der Waals surface area (Å²) in [7, 11) is 0. The van der Waals surface area contributed by atoms with Crippen LogP contribution < -0.4 is 5.32 Å². The number of halogens is 1. The molecule has 0 radical (unpaired) electrons. The van der Waals surface area contributed by atoms with E-state index in [9.17, 15) is 9.18 Å². The Hall–Kier alpha value is -2.53. The molecule has 0 aliphatic rings. The minimum absolute atomic E-state index is 0.136.